The molecule has 3 aromatic rings. The fourth-order valence-corrected chi connectivity index (χ4v) is 2.38. The van der Waals surface area contributed by atoms with Gasteiger partial charge < -0.3 is 15.1 Å². The number of fused-ring (bicyclic) bond motifs is 1. The summed E-state index contributed by atoms with van der Waals surface area (Å²) in [6, 6.07) is 11.9. The van der Waals surface area contributed by atoms with Crippen LogP contribution in [-0.4, -0.2) is 23.1 Å². The first-order chi connectivity index (χ1) is 11.3. The lowest BCUT2D eigenvalue weighted by atomic mass is 10.2. The summed E-state index contributed by atoms with van der Waals surface area (Å²) in [7, 11) is 0. The van der Waals surface area contributed by atoms with Gasteiger partial charge in [-0.1, -0.05) is 18.2 Å². The van der Waals surface area contributed by atoms with Crippen LogP contribution in [0, 0.1) is 6.92 Å². The van der Waals surface area contributed by atoms with Crippen molar-refractivity contribution in [1.29, 1.82) is 0 Å². The van der Waals surface area contributed by atoms with Gasteiger partial charge in [0.1, 0.15) is 17.3 Å². The minimum Gasteiger partial charge on any atom is -0.466 e. The number of anilines is 2. The van der Waals surface area contributed by atoms with Gasteiger partial charge in [-0.25, -0.2) is 4.98 Å². The Kier molecular flexibility index (Phi) is 4.57. The topological polar surface area (TPSA) is 63.0 Å². The van der Waals surface area contributed by atoms with Crippen LogP contribution in [0.15, 0.2) is 53.5 Å². The first kappa shape index (κ1) is 15.1. The molecular formula is C18H20N4O. The number of para-hydroxylation sites is 1. The van der Waals surface area contributed by atoms with E-state index in [0.29, 0.717) is 19.0 Å². The third-order valence-corrected chi connectivity index (χ3v) is 3.47. The van der Waals surface area contributed by atoms with Crippen molar-refractivity contribution in [2.24, 2.45) is 0 Å². The quantitative estimate of drug-likeness (QED) is 0.650. The summed E-state index contributed by atoms with van der Waals surface area (Å²) in [5.41, 5.74) is 0.908. The molecule has 5 nitrogen and oxygen atoms in total. The molecule has 2 N–H and O–H groups in total. The molecular weight excluding hydrogens is 288 g/mol. The van der Waals surface area contributed by atoms with Crippen molar-refractivity contribution in [2.75, 3.05) is 23.7 Å². The van der Waals surface area contributed by atoms with Gasteiger partial charge in [0.15, 0.2) is 0 Å². The summed E-state index contributed by atoms with van der Waals surface area (Å²) in [5.74, 6) is 3.31. The van der Waals surface area contributed by atoms with E-state index in [1.54, 1.807) is 0 Å². The molecule has 0 saturated carbocycles. The van der Waals surface area contributed by atoms with Gasteiger partial charge in [0.2, 0.25) is 5.95 Å². The molecule has 0 bridgehead atoms. The molecule has 0 saturated heterocycles. The van der Waals surface area contributed by atoms with E-state index in [0.717, 1.165) is 34.7 Å². The van der Waals surface area contributed by atoms with E-state index in [4.69, 9.17) is 4.42 Å². The third kappa shape index (κ3) is 3.69. The van der Waals surface area contributed by atoms with Crippen LogP contribution in [0.5, 0.6) is 0 Å². The number of aryl methyl sites for hydroxylation is 1. The smallest absolute Gasteiger partial charge is 0.225 e. The molecule has 5 heteroatoms. The molecule has 0 radical (unpaired) electrons. The predicted octanol–water partition coefficient (Wildman–Crippen LogP) is 3.78. The number of aromatic nitrogens is 2. The second kappa shape index (κ2) is 6.96. The van der Waals surface area contributed by atoms with E-state index in [-0.39, 0.29) is 0 Å². The van der Waals surface area contributed by atoms with E-state index in [1.807, 2.05) is 49.4 Å². The summed E-state index contributed by atoms with van der Waals surface area (Å²) in [6.07, 6.45) is 2.60. The molecule has 0 unspecified atom stereocenters. The third-order valence-electron chi connectivity index (χ3n) is 3.47. The Hall–Kier alpha value is -2.82. The normalized spacial score (nSPS) is 10.7. The zero-order valence-electron chi connectivity index (χ0n) is 13.2. The lowest BCUT2D eigenvalue weighted by molar-refractivity contribution is 0.486. The van der Waals surface area contributed by atoms with Crippen molar-refractivity contribution in [2.45, 2.75) is 13.3 Å². The molecule has 118 valence electrons. The van der Waals surface area contributed by atoms with Gasteiger partial charge in [-0.05, 0) is 31.2 Å². The van der Waals surface area contributed by atoms with Crippen molar-refractivity contribution in [3.8, 4) is 0 Å². The average molecular weight is 308 g/mol. The maximum absolute atomic E-state index is 5.56. The van der Waals surface area contributed by atoms with Gasteiger partial charge in [0.25, 0.3) is 0 Å². The number of hydrogen-bond acceptors (Lipinski definition) is 5. The Bertz CT molecular complexity index is 810. The second-order valence-electron chi connectivity index (χ2n) is 5.27. The Morgan fingerprint density at radius 3 is 2.78 bits per heavy atom. The van der Waals surface area contributed by atoms with E-state index in [1.165, 1.54) is 0 Å². The lowest BCUT2D eigenvalue weighted by Crippen LogP contribution is -2.10. The predicted molar refractivity (Wildman–Crippen MR) is 93.9 cm³/mol. The zero-order valence-corrected chi connectivity index (χ0v) is 13.2. The molecule has 0 aliphatic carbocycles. The maximum atomic E-state index is 5.56. The number of rotatable bonds is 7. The first-order valence-electron chi connectivity index (χ1n) is 7.67. The molecule has 0 amide bonds. The van der Waals surface area contributed by atoms with Crippen LogP contribution in [0.1, 0.15) is 11.5 Å². The fraction of sp³-hybridized carbons (Fsp3) is 0.222. The molecule has 0 atom stereocenters. The van der Waals surface area contributed by atoms with Gasteiger partial charge in [0.05, 0.1) is 5.52 Å². The van der Waals surface area contributed by atoms with Crippen molar-refractivity contribution < 1.29 is 4.42 Å². The van der Waals surface area contributed by atoms with Crippen LogP contribution in [-0.2, 0) is 6.42 Å². The highest BCUT2D eigenvalue weighted by Crippen LogP contribution is 2.21. The summed E-state index contributed by atoms with van der Waals surface area (Å²) in [6.45, 7) is 7.05. The van der Waals surface area contributed by atoms with Crippen molar-refractivity contribution in [1.82, 2.24) is 9.97 Å². The Morgan fingerprint density at radius 2 is 2.00 bits per heavy atom. The highest BCUT2D eigenvalue weighted by atomic mass is 16.3. The number of nitrogens with one attached hydrogen (secondary N) is 2. The van der Waals surface area contributed by atoms with Crippen LogP contribution in [0.3, 0.4) is 0 Å². The van der Waals surface area contributed by atoms with Gasteiger partial charge in [-0.3, -0.25) is 0 Å². The first-order valence-corrected chi connectivity index (χ1v) is 7.67. The SMILES string of the molecule is C=CCNc1nc(NCCc2ccc(C)o2)nc2ccccc12. The van der Waals surface area contributed by atoms with Gasteiger partial charge in [-0.15, -0.1) is 6.58 Å². The molecule has 0 aliphatic heterocycles. The Balaban J connectivity index is 1.75. The summed E-state index contributed by atoms with van der Waals surface area (Å²) < 4.78 is 5.56. The van der Waals surface area contributed by atoms with Crippen molar-refractivity contribution in [3.63, 3.8) is 0 Å². The molecule has 2 aromatic heterocycles. The van der Waals surface area contributed by atoms with Crippen LogP contribution in [0.25, 0.3) is 10.9 Å². The summed E-state index contributed by atoms with van der Waals surface area (Å²) in [4.78, 5) is 9.12. The maximum Gasteiger partial charge on any atom is 0.225 e. The molecule has 0 fully saturated rings. The lowest BCUT2D eigenvalue weighted by Gasteiger charge is -2.10. The largest absolute Gasteiger partial charge is 0.466 e. The van der Waals surface area contributed by atoms with Gasteiger partial charge >= 0.3 is 0 Å². The number of furan rings is 1. The van der Waals surface area contributed by atoms with Crippen LogP contribution in [0.2, 0.25) is 0 Å². The Morgan fingerprint density at radius 1 is 1.13 bits per heavy atom. The van der Waals surface area contributed by atoms with Crippen molar-refractivity contribution >= 4 is 22.7 Å². The monoisotopic (exact) mass is 308 g/mol. The molecule has 1 aromatic carbocycles. The van der Waals surface area contributed by atoms with E-state index < -0.39 is 0 Å². The van der Waals surface area contributed by atoms with E-state index >= 15 is 0 Å². The molecule has 2 heterocycles. The molecule has 0 aliphatic rings. The molecule has 3 rings (SSSR count). The summed E-state index contributed by atoms with van der Waals surface area (Å²) in [5, 5.41) is 7.53. The van der Waals surface area contributed by atoms with Crippen LogP contribution < -0.4 is 10.6 Å². The van der Waals surface area contributed by atoms with Crippen molar-refractivity contribution in [3.05, 3.63) is 60.6 Å². The fourth-order valence-electron chi connectivity index (χ4n) is 2.38. The van der Waals surface area contributed by atoms with Gasteiger partial charge in [0, 0.05) is 24.9 Å². The Labute approximate surface area is 135 Å². The highest BCUT2D eigenvalue weighted by molar-refractivity contribution is 5.90. The van der Waals surface area contributed by atoms with Gasteiger partial charge in [-0.2, -0.15) is 4.98 Å². The second-order valence-corrected chi connectivity index (χ2v) is 5.27. The van der Waals surface area contributed by atoms with Crippen LogP contribution >= 0.6 is 0 Å². The minimum absolute atomic E-state index is 0.610. The number of nitrogens with zero attached hydrogens (tertiary/aromatic N) is 2. The summed E-state index contributed by atoms with van der Waals surface area (Å²) >= 11 is 0. The van der Waals surface area contributed by atoms with Crippen LogP contribution in [0.4, 0.5) is 11.8 Å². The molecule has 0 spiro atoms. The zero-order chi connectivity index (χ0) is 16.1. The van der Waals surface area contributed by atoms with E-state index in [2.05, 4.69) is 27.2 Å². The highest BCUT2D eigenvalue weighted by Gasteiger charge is 2.07. The van der Waals surface area contributed by atoms with E-state index in [9.17, 15) is 0 Å². The number of hydrogen-bond donors (Lipinski definition) is 2. The average Bonchev–Trinajstić information content (AvgIpc) is 2.98. The standard InChI is InChI=1S/C18H20N4O/c1-3-11-19-17-15-6-4-5-7-16(15)21-18(22-17)20-12-10-14-9-8-13(2)23-14/h3-9H,1,10-12H2,2H3,(H2,19,20,21,22). The minimum atomic E-state index is 0.610. The molecule has 23 heavy (non-hydrogen) atoms. The number of benzene rings is 1.